The second kappa shape index (κ2) is 7.92. The number of ether oxygens (including phenoxy) is 2. The second-order valence-electron chi connectivity index (χ2n) is 6.14. The third-order valence-electron chi connectivity index (χ3n) is 4.14. The highest BCUT2D eigenvalue weighted by Gasteiger charge is 2.22. The van der Waals surface area contributed by atoms with Crippen molar-refractivity contribution < 1.29 is 9.47 Å². The van der Waals surface area contributed by atoms with Gasteiger partial charge >= 0.3 is 0 Å². The van der Waals surface area contributed by atoms with Crippen molar-refractivity contribution in [2.24, 2.45) is 0 Å². The summed E-state index contributed by atoms with van der Waals surface area (Å²) < 4.78 is 11.2. The van der Waals surface area contributed by atoms with Crippen LogP contribution in [0.1, 0.15) is 42.0 Å². The molecule has 1 aliphatic rings. The van der Waals surface area contributed by atoms with Crippen molar-refractivity contribution in [1.82, 2.24) is 5.32 Å². The van der Waals surface area contributed by atoms with Crippen molar-refractivity contribution in [3.05, 3.63) is 34.4 Å². The summed E-state index contributed by atoms with van der Waals surface area (Å²) in [6, 6.07) is 4.97. The van der Waals surface area contributed by atoms with Gasteiger partial charge in [0.15, 0.2) is 6.29 Å². The van der Waals surface area contributed by atoms with E-state index in [1.165, 1.54) is 22.3 Å². The minimum Gasteiger partial charge on any atom is -0.350 e. The van der Waals surface area contributed by atoms with Crippen LogP contribution in [-0.4, -0.2) is 32.1 Å². The summed E-state index contributed by atoms with van der Waals surface area (Å²) in [6.45, 7) is 11.3. The first kappa shape index (κ1) is 16.5. The van der Waals surface area contributed by atoms with E-state index in [1.54, 1.807) is 0 Å². The molecule has 1 heterocycles. The zero-order valence-electron chi connectivity index (χ0n) is 13.9. The highest BCUT2D eigenvalue weighted by atomic mass is 16.7. The average molecular weight is 291 g/mol. The summed E-state index contributed by atoms with van der Waals surface area (Å²) in [5.74, 6) is 0. The SMILES string of the molecule is CCCNC(Cc1c(C)cc(C)cc1C)CC1OCCO1. The molecule has 0 bridgehead atoms. The number of aryl methyl sites for hydroxylation is 3. The van der Waals surface area contributed by atoms with Gasteiger partial charge in [0, 0.05) is 12.5 Å². The Morgan fingerprint density at radius 3 is 2.33 bits per heavy atom. The molecular weight excluding hydrogens is 262 g/mol. The fraction of sp³-hybridized carbons (Fsp3) is 0.667. The van der Waals surface area contributed by atoms with Gasteiger partial charge < -0.3 is 14.8 Å². The van der Waals surface area contributed by atoms with Crippen LogP contribution in [-0.2, 0) is 15.9 Å². The smallest absolute Gasteiger partial charge is 0.159 e. The Labute approximate surface area is 129 Å². The van der Waals surface area contributed by atoms with E-state index >= 15 is 0 Å². The molecular formula is C18H29NO2. The zero-order chi connectivity index (χ0) is 15.2. The molecule has 1 aromatic carbocycles. The molecule has 1 aromatic rings. The van der Waals surface area contributed by atoms with Crippen LogP contribution in [0.25, 0.3) is 0 Å². The van der Waals surface area contributed by atoms with E-state index in [0.29, 0.717) is 6.04 Å². The molecule has 0 amide bonds. The Kier molecular flexibility index (Phi) is 6.22. The molecule has 0 saturated carbocycles. The molecule has 1 fully saturated rings. The molecule has 1 saturated heterocycles. The number of hydrogen-bond acceptors (Lipinski definition) is 3. The molecule has 0 spiro atoms. The summed E-state index contributed by atoms with van der Waals surface area (Å²) >= 11 is 0. The van der Waals surface area contributed by atoms with Crippen LogP contribution in [0.15, 0.2) is 12.1 Å². The van der Waals surface area contributed by atoms with Gasteiger partial charge in [0.25, 0.3) is 0 Å². The maximum absolute atomic E-state index is 5.62. The number of hydrogen-bond donors (Lipinski definition) is 1. The van der Waals surface area contributed by atoms with Gasteiger partial charge in [0.2, 0.25) is 0 Å². The lowest BCUT2D eigenvalue weighted by Crippen LogP contribution is -2.35. The number of benzene rings is 1. The number of nitrogens with one attached hydrogen (secondary N) is 1. The van der Waals surface area contributed by atoms with Crippen molar-refractivity contribution in [3.63, 3.8) is 0 Å². The molecule has 0 aliphatic carbocycles. The predicted molar refractivity (Wildman–Crippen MR) is 86.7 cm³/mol. The van der Waals surface area contributed by atoms with Crippen LogP contribution >= 0.6 is 0 Å². The summed E-state index contributed by atoms with van der Waals surface area (Å²) in [5, 5.41) is 3.65. The molecule has 1 N–H and O–H groups in total. The van der Waals surface area contributed by atoms with E-state index in [-0.39, 0.29) is 6.29 Å². The first-order valence-corrected chi connectivity index (χ1v) is 8.13. The van der Waals surface area contributed by atoms with E-state index in [4.69, 9.17) is 9.47 Å². The lowest BCUT2D eigenvalue weighted by molar-refractivity contribution is -0.0526. The Morgan fingerprint density at radius 2 is 1.76 bits per heavy atom. The normalized spacial score (nSPS) is 17.3. The maximum Gasteiger partial charge on any atom is 0.159 e. The monoisotopic (exact) mass is 291 g/mol. The minimum absolute atomic E-state index is 0.0367. The molecule has 3 nitrogen and oxygen atoms in total. The lowest BCUT2D eigenvalue weighted by Gasteiger charge is -2.23. The van der Waals surface area contributed by atoms with Crippen LogP contribution < -0.4 is 5.32 Å². The van der Waals surface area contributed by atoms with E-state index in [0.717, 1.165) is 39.0 Å². The average Bonchev–Trinajstić information content (AvgIpc) is 2.92. The van der Waals surface area contributed by atoms with Gasteiger partial charge in [0.1, 0.15) is 0 Å². The maximum atomic E-state index is 5.62. The molecule has 3 heteroatoms. The first-order valence-electron chi connectivity index (χ1n) is 8.13. The van der Waals surface area contributed by atoms with Gasteiger partial charge in [-0.3, -0.25) is 0 Å². The summed E-state index contributed by atoms with van der Waals surface area (Å²) in [5.41, 5.74) is 5.59. The molecule has 1 unspecified atom stereocenters. The third-order valence-corrected chi connectivity index (χ3v) is 4.14. The van der Waals surface area contributed by atoms with Crippen LogP contribution in [0.4, 0.5) is 0 Å². The number of rotatable bonds is 7. The highest BCUT2D eigenvalue weighted by Crippen LogP contribution is 2.21. The second-order valence-corrected chi connectivity index (χ2v) is 6.14. The van der Waals surface area contributed by atoms with Gasteiger partial charge in [-0.15, -0.1) is 0 Å². The van der Waals surface area contributed by atoms with E-state index in [2.05, 4.69) is 45.1 Å². The summed E-state index contributed by atoms with van der Waals surface area (Å²) in [7, 11) is 0. The van der Waals surface area contributed by atoms with E-state index in [9.17, 15) is 0 Å². The van der Waals surface area contributed by atoms with Gasteiger partial charge in [-0.2, -0.15) is 0 Å². The molecule has 1 aliphatic heterocycles. The van der Waals surface area contributed by atoms with Crippen molar-refractivity contribution in [2.75, 3.05) is 19.8 Å². The fourth-order valence-electron chi connectivity index (χ4n) is 3.14. The van der Waals surface area contributed by atoms with Crippen molar-refractivity contribution >= 4 is 0 Å². The standard InChI is InChI=1S/C18H29NO2/c1-5-6-19-16(12-18-20-7-8-21-18)11-17-14(3)9-13(2)10-15(17)4/h9-10,16,18-19H,5-8,11-12H2,1-4H3. The van der Waals surface area contributed by atoms with Crippen LogP contribution in [0.3, 0.4) is 0 Å². The first-order chi connectivity index (χ1) is 10.1. The Hall–Kier alpha value is -0.900. The highest BCUT2D eigenvalue weighted by molar-refractivity contribution is 5.38. The molecule has 118 valence electrons. The molecule has 1 atom stereocenters. The van der Waals surface area contributed by atoms with Gasteiger partial charge in [-0.25, -0.2) is 0 Å². The fourth-order valence-corrected chi connectivity index (χ4v) is 3.14. The van der Waals surface area contributed by atoms with Crippen molar-refractivity contribution in [1.29, 1.82) is 0 Å². The van der Waals surface area contributed by atoms with E-state index in [1.807, 2.05) is 0 Å². The Balaban J connectivity index is 2.06. The van der Waals surface area contributed by atoms with Crippen molar-refractivity contribution in [3.8, 4) is 0 Å². The third kappa shape index (κ3) is 4.80. The van der Waals surface area contributed by atoms with Crippen LogP contribution in [0, 0.1) is 20.8 Å². The molecule has 0 aromatic heterocycles. The molecule has 2 rings (SSSR count). The molecule has 0 radical (unpaired) electrons. The predicted octanol–water partition coefficient (Wildman–Crippen LogP) is 3.29. The summed E-state index contributed by atoms with van der Waals surface area (Å²) in [4.78, 5) is 0. The lowest BCUT2D eigenvalue weighted by atomic mass is 9.93. The van der Waals surface area contributed by atoms with Crippen LogP contribution in [0.2, 0.25) is 0 Å². The summed E-state index contributed by atoms with van der Waals surface area (Å²) in [6.07, 6.45) is 3.08. The molecule has 21 heavy (non-hydrogen) atoms. The Bertz CT molecular complexity index is 430. The van der Waals surface area contributed by atoms with E-state index < -0.39 is 0 Å². The topological polar surface area (TPSA) is 30.5 Å². The van der Waals surface area contributed by atoms with Gasteiger partial charge in [0.05, 0.1) is 13.2 Å². The van der Waals surface area contributed by atoms with Crippen LogP contribution in [0.5, 0.6) is 0 Å². The largest absolute Gasteiger partial charge is 0.350 e. The zero-order valence-corrected chi connectivity index (χ0v) is 13.9. The van der Waals surface area contributed by atoms with Gasteiger partial charge in [-0.1, -0.05) is 24.6 Å². The Morgan fingerprint density at radius 1 is 1.14 bits per heavy atom. The minimum atomic E-state index is -0.0367. The quantitative estimate of drug-likeness (QED) is 0.836. The van der Waals surface area contributed by atoms with Crippen molar-refractivity contribution in [2.45, 2.75) is 59.3 Å². The van der Waals surface area contributed by atoms with Gasteiger partial charge in [-0.05, 0) is 56.8 Å².